The van der Waals surface area contributed by atoms with Crippen molar-refractivity contribution in [3.05, 3.63) is 29.8 Å². The van der Waals surface area contributed by atoms with Crippen molar-refractivity contribution < 1.29 is 19.1 Å². The predicted octanol–water partition coefficient (Wildman–Crippen LogP) is 2.04. The van der Waals surface area contributed by atoms with Crippen molar-refractivity contribution in [2.24, 2.45) is 0 Å². The van der Waals surface area contributed by atoms with Crippen LogP contribution in [0.2, 0.25) is 0 Å². The van der Waals surface area contributed by atoms with Gasteiger partial charge < -0.3 is 19.3 Å². The lowest BCUT2D eigenvalue weighted by molar-refractivity contribution is -0.136. The molecule has 0 aliphatic rings. The van der Waals surface area contributed by atoms with Crippen LogP contribution >= 0.6 is 0 Å². The highest BCUT2D eigenvalue weighted by atomic mass is 16.5. The third-order valence-corrected chi connectivity index (χ3v) is 3.66. The van der Waals surface area contributed by atoms with Crippen LogP contribution < -0.4 is 9.47 Å². The quantitative estimate of drug-likeness (QED) is 0.683. The Balaban J connectivity index is 2.76. The highest BCUT2D eigenvalue weighted by Crippen LogP contribution is 2.23. The summed E-state index contributed by atoms with van der Waals surface area (Å²) in [5.41, 5.74) is 0.781. The summed E-state index contributed by atoms with van der Waals surface area (Å²) in [7, 11) is 4.75. The third-order valence-electron chi connectivity index (χ3n) is 3.66. The topological polar surface area (TPSA) is 59.1 Å². The molecule has 0 fully saturated rings. The Morgan fingerprint density at radius 2 is 1.58 bits per heavy atom. The summed E-state index contributed by atoms with van der Waals surface area (Å²) in [5.74, 6) is 0.989. The van der Waals surface area contributed by atoms with E-state index in [1.54, 1.807) is 50.4 Å². The summed E-state index contributed by atoms with van der Waals surface area (Å²) in [5, 5.41) is 0. The molecule has 6 heteroatoms. The van der Waals surface area contributed by atoms with E-state index in [2.05, 4.69) is 0 Å². The Kier molecular flexibility index (Phi) is 7.82. The summed E-state index contributed by atoms with van der Waals surface area (Å²) in [4.78, 5) is 27.3. The molecule has 0 saturated carbocycles. The molecule has 24 heavy (non-hydrogen) atoms. The fraction of sp³-hybridized carbons (Fsp3) is 0.444. The van der Waals surface area contributed by atoms with Gasteiger partial charge >= 0.3 is 0 Å². The minimum atomic E-state index is -0.239. The molecule has 0 aliphatic carbocycles. The fourth-order valence-corrected chi connectivity index (χ4v) is 2.18. The van der Waals surface area contributed by atoms with Gasteiger partial charge in [-0.25, -0.2) is 0 Å². The molecule has 0 saturated heterocycles. The summed E-state index contributed by atoms with van der Waals surface area (Å²) in [6.45, 7) is 5.17. The standard InChI is InChI=1S/C18H26N2O4/c1-6-20(7-2)18(22)13-19(3)17(21)9-8-14-10-15(23-4)12-16(11-14)24-5/h8-12H,6-7,13H2,1-5H3/b9-8+. The smallest absolute Gasteiger partial charge is 0.246 e. The Morgan fingerprint density at radius 1 is 1.04 bits per heavy atom. The molecular weight excluding hydrogens is 308 g/mol. The molecule has 1 aromatic carbocycles. The van der Waals surface area contributed by atoms with E-state index in [1.165, 1.54) is 11.0 Å². The molecule has 6 nitrogen and oxygen atoms in total. The summed E-state index contributed by atoms with van der Waals surface area (Å²) >= 11 is 0. The van der Waals surface area contributed by atoms with Crippen molar-refractivity contribution in [3.63, 3.8) is 0 Å². The van der Waals surface area contributed by atoms with Crippen LogP contribution in [0.1, 0.15) is 19.4 Å². The number of nitrogens with zero attached hydrogens (tertiary/aromatic N) is 2. The van der Waals surface area contributed by atoms with E-state index >= 15 is 0 Å². The van der Waals surface area contributed by atoms with Gasteiger partial charge in [0.25, 0.3) is 0 Å². The molecule has 0 aromatic heterocycles. The Labute approximate surface area is 143 Å². The van der Waals surface area contributed by atoms with Gasteiger partial charge in [0, 0.05) is 32.3 Å². The van der Waals surface area contributed by atoms with Crippen LogP contribution in [-0.4, -0.2) is 62.5 Å². The predicted molar refractivity (Wildman–Crippen MR) is 94.1 cm³/mol. The zero-order chi connectivity index (χ0) is 18.1. The van der Waals surface area contributed by atoms with Gasteiger partial charge in [-0.05, 0) is 37.6 Å². The lowest BCUT2D eigenvalue weighted by atomic mass is 10.2. The zero-order valence-electron chi connectivity index (χ0n) is 15.0. The van der Waals surface area contributed by atoms with E-state index in [4.69, 9.17) is 9.47 Å². The van der Waals surface area contributed by atoms with E-state index in [1.807, 2.05) is 13.8 Å². The number of hydrogen-bond donors (Lipinski definition) is 0. The Morgan fingerprint density at radius 3 is 2.04 bits per heavy atom. The first-order valence-electron chi connectivity index (χ1n) is 7.89. The molecule has 1 aromatic rings. The lowest BCUT2D eigenvalue weighted by Gasteiger charge is -2.22. The van der Waals surface area contributed by atoms with Gasteiger partial charge in [0.2, 0.25) is 11.8 Å². The molecular formula is C18H26N2O4. The largest absolute Gasteiger partial charge is 0.497 e. The number of ether oxygens (including phenoxy) is 2. The van der Waals surface area contributed by atoms with Crippen LogP contribution in [-0.2, 0) is 9.59 Å². The first-order valence-corrected chi connectivity index (χ1v) is 7.89. The number of likely N-dealkylation sites (N-methyl/N-ethyl adjacent to an activating group) is 2. The van der Waals surface area contributed by atoms with Crippen molar-refractivity contribution in [2.75, 3.05) is 40.9 Å². The van der Waals surface area contributed by atoms with Gasteiger partial charge in [0.05, 0.1) is 20.8 Å². The van der Waals surface area contributed by atoms with Gasteiger partial charge in [0.1, 0.15) is 11.5 Å². The normalized spacial score (nSPS) is 10.5. The molecule has 0 unspecified atom stereocenters. The molecule has 0 radical (unpaired) electrons. The Hall–Kier alpha value is -2.50. The van der Waals surface area contributed by atoms with Crippen molar-refractivity contribution in [1.29, 1.82) is 0 Å². The monoisotopic (exact) mass is 334 g/mol. The molecule has 0 bridgehead atoms. The minimum Gasteiger partial charge on any atom is -0.497 e. The third kappa shape index (κ3) is 5.61. The summed E-state index contributed by atoms with van der Waals surface area (Å²) in [6, 6.07) is 5.36. The second-order valence-corrected chi connectivity index (χ2v) is 5.24. The van der Waals surface area contributed by atoms with Gasteiger partial charge in [-0.3, -0.25) is 9.59 Å². The van der Waals surface area contributed by atoms with E-state index in [0.717, 1.165) is 5.56 Å². The Bertz CT molecular complexity index is 572. The van der Waals surface area contributed by atoms with Crippen LogP contribution in [0.15, 0.2) is 24.3 Å². The minimum absolute atomic E-state index is 0.0618. The number of benzene rings is 1. The molecule has 0 atom stereocenters. The maximum atomic E-state index is 12.2. The molecule has 0 N–H and O–H groups in total. The van der Waals surface area contributed by atoms with Crippen molar-refractivity contribution in [2.45, 2.75) is 13.8 Å². The number of carbonyl (C=O) groups is 2. The van der Waals surface area contributed by atoms with Crippen molar-refractivity contribution in [1.82, 2.24) is 9.80 Å². The molecule has 2 amide bonds. The highest BCUT2D eigenvalue weighted by Gasteiger charge is 2.14. The van der Waals surface area contributed by atoms with Gasteiger partial charge in [0.15, 0.2) is 0 Å². The maximum absolute atomic E-state index is 12.2. The van der Waals surface area contributed by atoms with Crippen LogP contribution in [0, 0.1) is 0 Å². The second kappa shape index (κ2) is 9.60. The number of rotatable bonds is 8. The first kappa shape index (κ1) is 19.5. The first-order chi connectivity index (χ1) is 11.4. The summed E-state index contributed by atoms with van der Waals surface area (Å²) < 4.78 is 10.4. The summed E-state index contributed by atoms with van der Waals surface area (Å²) in [6.07, 6.45) is 3.11. The van der Waals surface area contributed by atoms with Gasteiger partial charge in [-0.15, -0.1) is 0 Å². The molecule has 0 spiro atoms. The molecule has 0 aliphatic heterocycles. The highest BCUT2D eigenvalue weighted by molar-refractivity contribution is 5.94. The van der Waals surface area contributed by atoms with Crippen LogP contribution in [0.25, 0.3) is 6.08 Å². The van der Waals surface area contributed by atoms with E-state index in [0.29, 0.717) is 24.6 Å². The lowest BCUT2D eigenvalue weighted by Crippen LogP contribution is -2.40. The number of methoxy groups -OCH3 is 2. The van der Waals surface area contributed by atoms with Gasteiger partial charge in [-0.1, -0.05) is 0 Å². The van der Waals surface area contributed by atoms with Crippen molar-refractivity contribution in [3.8, 4) is 11.5 Å². The number of amides is 2. The maximum Gasteiger partial charge on any atom is 0.246 e. The van der Waals surface area contributed by atoms with Crippen LogP contribution in [0.5, 0.6) is 11.5 Å². The van der Waals surface area contributed by atoms with Crippen molar-refractivity contribution >= 4 is 17.9 Å². The molecule has 132 valence electrons. The number of carbonyl (C=O) groups excluding carboxylic acids is 2. The number of hydrogen-bond acceptors (Lipinski definition) is 4. The zero-order valence-corrected chi connectivity index (χ0v) is 15.0. The van der Waals surface area contributed by atoms with E-state index in [-0.39, 0.29) is 18.4 Å². The average molecular weight is 334 g/mol. The molecule has 1 rings (SSSR count). The fourth-order valence-electron chi connectivity index (χ4n) is 2.18. The van der Waals surface area contributed by atoms with E-state index in [9.17, 15) is 9.59 Å². The molecule has 0 heterocycles. The second-order valence-electron chi connectivity index (χ2n) is 5.24. The van der Waals surface area contributed by atoms with E-state index < -0.39 is 0 Å². The van der Waals surface area contributed by atoms with Gasteiger partial charge in [-0.2, -0.15) is 0 Å². The average Bonchev–Trinajstić information content (AvgIpc) is 2.60. The van der Waals surface area contributed by atoms with Crippen LogP contribution in [0.4, 0.5) is 0 Å². The van der Waals surface area contributed by atoms with Crippen LogP contribution in [0.3, 0.4) is 0 Å². The SMILES string of the molecule is CCN(CC)C(=O)CN(C)C(=O)/C=C/c1cc(OC)cc(OC)c1.